The summed E-state index contributed by atoms with van der Waals surface area (Å²) >= 11 is 0. The van der Waals surface area contributed by atoms with Crippen LogP contribution in [0.15, 0.2) is 18.2 Å². The number of Topliss-reactive ketones (excluding diaryl/α,β-unsaturated/α-hetero) is 1. The average Bonchev–Trinajstić information content (AvgIpc) is 2.37. The number of amides is 1. The summed E-state index contributed by atoms with van der Waals surface area (Å²) < 4.78 is 10.4. The third kappa shape index (κ3) is 1.89. The van der Waals surface area contributed by atoms with Gasteiger partial charge in [0.1, 0.15) is 5.75 Å². The smallest absolute Gasteiger partial charge is 0.262 e. The van der Waals surface area contributed by atoms with Gasteiger partial charge in [0.05, 0.1) is 24.3 Å². The monoisotopic (exact) mass is 262 g/mol. The van der Waals surface area contributed by atoms with E-state index in [9.17, 15) is 9.59 Å². The van der Waals surface area contributed by atoms with Crippen LogP contribution in [0.3, 0.4) is 0 Å². The highest BCUT2D eigenvalue weighted by Crippen LogP contribution is 2.34. The molecule has 0 radical (unpaired) electrons. The molecular formula is C13H14N2O4. The van der Waals surface area contributed by atoms with Crippen molar-refractivity contribution in [1.29, 1.82) is 0 Å². The third-order valence-electron chi connectivity index (χ3n) is 3.50. The van der Waals surface area contributed by atoms with E-state index in [0.717, 1.165) is 0 Å². The van der Waals surface area contributed by atoms with Crippen LogP contribution in [-0.4, -0.2) is 38.1 Å². The molecular weight excluding hydrogens is 248 g/mol. The molecule has 100 valence electrons. The largest absolute Gasteiger partial charge is 0.482 e. The number of fused-ring (bicyclic) bond motifs is 1. The number of nitrogens with one attached hydrogen (secondary N) is 1. The molecule has 0 atom stereocenters. The van der Waals surface area contributed by atoms with E-state index in [2.05, 4.69) is 5.32 Å². The molecule has 0 bridgehead atoms. The van der Waals surface area contributed by atoms with Crippen molar-refractivity contribution in [2.45, 2.75) is 0 Å². The van der Waals surface area contributed by atoms with Gasteiger partial charge < -0.3 is 20.5 Å². The van der Waals surface area contributed by atoms with E-state index >= 15 is 0 Å². The lowest BCUT2D eigenvalue weighted by Crippen LogP contribution is -2.54. The summed E-state index contributed by atoms with van der Waals surface area (Å²) in [6, 6.07) is 5.00. The molecule has 1 fully saturated rings. The molecule has 1 aromatic rings. The Bertz CT molecular complexity index is 546. The second-order valence-electron chi connectivity index (χ2n) is 4.85. The van der Waals surface area contributed by atoms with E-state index in [1.165, 1.54) is 0 Å². The van der Waals surface area contributed by atoms with Crippen LogP contribution in [0.1, 0.15) is 10.4 Å². The lowest BCUT2D eigenvalue weighted by Gasteiger charge is -2.39. The first-order valence-corrected chi connectivity index (χ1v) is 6.04. The van der Waals surface area contributed by atoms with E-state index in [0.29, 0.717) is 30.2 Å². The number of carbonyl (C=O) groups excluding carboxylic acids is 2. The van der Waals surface area contributed by atoms with Crippen molar-refractivity contribution in [3.05, 3.63) is 23.8 Å². The van der Waals surface area contributed by atoms with Crippen LogP contribution in [0.25, 0.3) is 0 Å². The summed E-state index contributed by atoms with van der Waals surface area (Å²) in [5.74, 6) is 0.296. The van der Waals surface area contributed by atoms with E-state index in [1.54, 1.807) is 18.2 Å². The first-order chi connectivity index (χ1) is 9.14. The van der Waals surface area contributed by atoms with Crippen molar-refractivity contribution in [2.24, 2.45) is 11.1 Å². The molecule has 2 aliphatic heterocycles. The maximum Gasteiger partial charge on any atom is 0.262 e. The summed E-state index contributed by atoms with van der Waals surface area (Å²) in [6.45, 7) is 0.956. The van der Waals surface area contributed by atoms with Gasteiger partial charge in [0, 0.05) is 12.1 Å². The topological polar surface area (TPSA) is 90.7 Å². The molecule has 1 aromatic carbocycles. The fraction of sp³-hybridized carbons (Fsp3) is 0.385. The normalized spacial score (nSPS) is 19.7. The Morgan fingerprint density at radius 1 is 1.42 bits per heavy atom. The highest BCUT2D eigenvalue weighted by atomic mass is 16.5. The van der Waals surface area contributed by atoms with Crippen molar-refractivity contribution in [3.8, 4) is 5.75 Å². The highest BCUT2D eigenvalue weighted by Gasteiger charge is 2.45. The zero-order chi connectivity index (χ0) is 13.5. The fourth-order valence-corrected chi connectivity index (χ4v) is 2.22. The molecule has 0 aliphatic carbocycles. The summed E-state index contributed by atoms with van der Waals surface area (Å²) in [4.78, 5) is 23.7. The Morgan fingerprint density at radius 2 is 2.21 bits per heavy atom. The van der Waals surface area contributed by atoms with Crippen molar-refractivity contribution in [2.75, 3.05) is 31.7 Å². The first kappa shape index (κ1) is 12.1. The van der Waals surface area contributed by atoms with Crippen molar-refractivity contribution < 1.29 is 19.1 Å². The minimum atomic E-state index is -0.617. The number of anilines is 1. The van der Waals surface area contributed by atoms with Crippen molar-refractivity contribution in [3.63, 3.8) is 0 Å². The van der Waals surface area contributed by atoms with Crippen LogP contribution in [0.4, 0.5) is 5.69 Å². The number of ketones is 1. The van der Waals surface area contributed by atoms with Gasteiger partial charge in [-0.3, -0.25) is 9.59 Å². The number of benzene rings is 1. The first-order valence-electron chi connectivity index (χ1n) is 6.04. The molecule has 0 unspecified atom stereocenters. The number of ether oxygens (including phenoxy) is 2. The standard InChI is InChI=1S/C13H14N2O4/c14-5-13(6-18-7-13)12(17)8-1-2-10-9(3-8)15-11(16)4-19-10/h1-3H,4-7,14H2,(H,15,16). The Morgan fingerprint density at radius 3 is 2.84 bits per heavy atom. The summed E-state index contributed by atoms with van der Waals surface area (Å²) in [5.41, 5.74) is 6.09. The Hall–Kier alpha value is -1.92. The average molecular weight is 262 g/mol. The van der Waals surface area contributed by atoms with Crippen molar-refractivity contribution >= 4 is 17.4 Å². The quantitative estimate of drug-likeness (QED) is 0.758. The van der Waals surface area contributed by atoms with E-state index in [1.807, 2.05) is 0 Å². The summed E-state index contributed by atoms with van der Waals surface area (Å²) in [7, 11) is 0. The molecule has 0 spiro atoms. The van der Waals surface area contributed by atoms with E-state index in [-0.39, 0.29) is 24.8 Å². The van der Waals surface area contributed by atoms with Crippen LogP contribution >= 0.6 is 0 Å². The van der Waals surface area contributed by atoms with Gasteiger partial charge in [-0.2, -0.15) is 0 Å². The molecule has 1 saturated heterocycles. The van der Waals surface area contributed by atoms with Gasteiger partial charge in [-0.25, -0.2) is 0 Å². The molecule has 19 heavy (non-hydrogen) atoms. The van der Waals surface area contributed by atoms with Gasteiger partial charge in [-0.1, -0.05) is 0 Å². The van der Waals surface area contributed by atoms with Crippen LogP contribution in [0.2, 0.25) is 0 Å². The maximum absolute atomic E-state index is 12.4. The minimum absolute atomic E-state index is 0.000864. The van der Waals surface area contributed by atoms with Crippen molar-refractivity contribution in [1.82, 2.24) is 0 Å². The predicted octanol–water partition coefficient (Wildman–Crippen LogP) is 0.175. The predicted molar refractivity (Wildman–Crippen MR) is 67.2 cm³/mol. The van der Waals surface area contributed by atoms with Crippen LogP contribution in [0.5, 0.6) is 5.75 Å². The number of nitrogens with two attached hydrogens (primary N) is 1. The minimum Gasteiger partial charge on any atom is -0.482 e. The molecule has 3 rings (SSSR count). The molecule has 1 amide bonds. The fourth-order valence-electron chi connectivity index (χ4n) is 2.22. The van der Waals surface area contributed by atoms with Gasteiger partial charge in [0.2, 0.25) is 0 Å². The van der Waals surface area contributed by atoms with Gasteiger partial charge in [-0.05, 0) is 18.2 Å². The zero-order valence-electron chi connectivity index (χ0n) is 10.3. The lowest BCUT2D eigenvalue weighted by atomic mass is 9.78. The maximum atomic E-state index is 12.4. The summed E-state index contributed by atoms with van der Waals surface area (Å²) in [6.07, 6.45) is 0. The van der Waals surface area contributed by atoms with Gasteiger partial charge in [0.25, 0.3) is 5.91 Å². The van der Waals surface area contributed by atoms with Gasteiger partial charge in [0.15, 0.2) is 12.4 Å². The number of rotatable bonds is 3. The number of carbonyl (C=O) groups is 2. The molecule has 2 heterocycles. The Labute approximate surface area is 109 Å². The van der Waals surface area contributed by atoms with Crippen LogP contribution < -0.4 is 15.8 Å². The molecule has 0 saturated carbocycles. The highest BCUT2D eigenvalue weighted by molar-refractivity contribution is 6.04. The molecule has 3 N–H and O–H groups in total. The summed E-state index contributed by atoms with van der Waals surface area (Å²) in [5, 5.41) is 2.68. The molecule has 2 aliphatic rings. The SMILES string of the molecule is NCC1(C(=O)c2ccc3c(c2)NC(=O)CO3)COC1. The molecule has 6 nitrogen and oxygen atoms in total. The Balaban J connectivity index is 1.91. The van der Waals surface area contributed by atoms with Crippen LogP contribution in [-0.2, 0) is 9.53 Å². The molecule has 6 heteroatoms. The number of hydrogen-bond donors (Lipinski definition) is 2. The third-order valence-corrected chi connectivity index (χ3v) is 3.50. The number of hydrogen-bond acceptors (Lipinski definition) is 5. The second kappa shape index (κ2) is 4.32. The molecule has 0 aromatic heterocycles. The van der Waals surface area contributed by atoms with Gasteiger partial charge >= 0.3 is 0 Å². The van der Waals surface area contributed by atoms with E-state index < -0.39 is 5.41 Å². The van der Waals surface area contributed by atoms with Gasteiger partial charge in [-0.15, -0.1) is 0 Å². The Kier molecular flexibility index (Phi) is 2.76. The zero-order valence-corrected chi connectivity index (χ0v) is 10.3. The van der Waals surface area contributed by atoms with E-state index in [4.69, 9.17) is 15.2 Å². The van der Waals surface area contributed by atoms with Crippen LogP contribution in [0, 0.1) is 5.41 Å². The second-order valence-corrected chi connectivity index (χ2v) is 4.85. The lowest BCUT2D eigenvalue weighted by molar-refractivity contribution is -0.118.